The van der Waals surface area contributed by atoms with Crippen LogP contribution in [0.4, 0.5) is 0 Å². The Morgan fingerprint density at radius 1 is 1.23 bits per heavy atom. The maximum atomic E-state index is 4.22. The van der Waals surface area contributed by atoms with Crippen molar-refractivity contribution in [2.75, 3.05) is 0 Å². The summed E-state index contributed by atoms with van der Waals surface area (Å²) in [6, 6.07) is 8.88. The maximum absolute atomic E-state index is 4.22. The van der Waals surface area contributed by atoms with Crippen LogP contribution in [0.1, 0.15) is 36.3 Å². The highest BCUT2D eigenvalue weighted by Crippen LogP contribution is 2.58. The molecule has 3 unspecified atom stereocenters. The minimum absolute atomic E-state index is 0.677. The molecule has 2 aliphatic rings. The van der Waals surface area contributed by atoms with Gasteiger partial charge in [0, 0.05) is 5.92 Å². The first kappa shape index (κ1) is 7.37. The number of fused-ring (bicyclic) bond motifs is 5. The molecule has 0 N–H and O–H groups in total. The fraction of sp³-hybridized carbons (Fsp3) is 0.385. The van der Waals surface area contributed by atoms with Crippen LogP contribution in [0.3, 0.4) is 0 Å². The quantitative estimate of drug-likeness (QED) is 0.523. The Balaban J connectivity index is 2.22. The Kier molecular flexibility index (Phi) is 1.28. The standard InChI is InChI=1S/C13H14/c1-8-9(2)13-7-12(8)10-5-3-4-6-11(10)13/h3-6,9,12-13H,1,7H2,2H3. The zero-order chi connectivity index (χ0) is 9.00. The molecular formula is C13H14. The molecule has 0 spiro atoms. The lowest BCUT2D eigenvalue weighted by atomic mass is 9.82. The first-order chi connectivity index (χ1) is 6.29. The normalized spacial score (nSPS) is 35.2. The summed E-state index contributed by atoms with van der Waals surface area (Å²) in [5, 5.41) is 0. The Labute approximate surface area is 79.3 Å². The Bertz CT molecular complexity index is 375. The minimum Gasteiger partial charge on any atom is -0.0990 e. The summed E-state index contributed by atoms with van der Waals surface area (Å²) >= 11 is 0. The molecule has 1 aromatic carbocycles. The number of hydrogen-bond donors (Lipinski definition) is 0. The van der Waals surface area contributed by atoms with Gasteiger partial charge in [-0.3, -0.25) is 0 Å². The van der Waals surface area contributed by atoms with E-state index in [1.807, 2.05) is 0 Å². The van der Waals surface area contributed by atoms with Crippen LogP contribution >= 0.6 is 0 Å². The molecule has 0 heteroatoms. The van der Waals surface area contributed by atoms with Crippen molar-refractivity contribution in [3.8, 4) is 0 Å². The SMILES string of the molecule is C=C1C2CC(c3ccccc32)C1C. The van der Waals surface area contributed by atoms with Gasteiger partial charge in [-0.2, -0.15) is 0 Å². The minimum atomic E-state index is 0.677. The van der Waals surface area contributed by atoms with Crippen molar-refractivity contribution in [2.24, 2.45) is 5.92 Å². The van der Waals surface area contributed by atoms with Crippen LogP contribution in [-0.2, 0) is 0 Å². The second kappa shape index (κ2) is 2.25. The van der Waals surface area contributed by atoms with Crippen LogP contribution < -0.4 is 0 Å². The molecule has 0 nitrogen and oxygen atoms in total. The molecule has 13 heavy (non-hydrogen) atoms. The van der Waals surface area contributed by atoms with Crippen molar-refractivity contribution < 1.29 is 0 Å². The van der Waals surface area contributed by atoms with E-state index in [1.165, 1.54) is 12.0 Å². The molecule has 0 heterocycles. The second-order valence-corrected chi connectivity index (χ2v) is 4.39. The average molecular weight is 170 g/mol. The highest BCUT2D eigenvalue weighted by Gasteiger charge is 2.43. The predicted octanol–water partition coefficient (Wildman–Crippen LogP) is 3.46. The van der Waals surface area contributed by atoms with Gasteiger partial charge in [0.05, 0.1) is 0 Å². The molecule has 1 saturated carbocycles. The molecular weight excluding hydrogens is 156 g/mol. The Morgan fingerprint density at radius 2 is 1.92 bits per heavy atom. The summed E-state index contributed by atoms with van der Waals surface area (Å²) in [5.41, 5.74) is 4.60. The van der Waals surface area contributed by atoms with Crippen LogP contribution in [0.25, 0.3) is 0 Å². The van der Waals surface area contributed by atoms with Gasteiger partial charge in [0.2, 0.25) is 0 Å². The molecule has 0 amide bonds. The summed E-state index contributed by atoms with van der Waals surface area (Å²) in [7, 11) is 0. The molecule has 2 bridgehead atoms. The molecule has 3 atom stereocenters. The fourth-order valence-electron chi connectivity index (χ4n) is 3.07. The van der Waals surface area contributed by atoms with Gasteiger partial charge in [0.15, 0.2) is 0 Å². The fourth-order valence-corrected chi connectivity index (χ4v) is 3.07. The topological polar surface area (TPSA) is 0 Å². The molecule has 1 aromatic rings. The van der Waals surface area contributed by atoms with Crippen molar-refractivity contribution in [1.82, 2.24) is 0 Å². The summed E-state index contributed by atoms with van der Waals surface area (Å²) in [5.74, 6) is 2.16. The van der Waals surface area contributed by atoms with Crippen LogP contribution in [0.5, 0.6) is 0 Å². The Hall–Kier alpha value is -1.04. The lowest BCUT2D eigenvalue weighted by Crippen LogP contribution is -2.09. The van der Waals surface area contributed by atoms with E-state index in [-0.39, 0.29) is 0 Å². The van der Waals surface area contributed by atoms with Gasteiger partial charge in [0.1, 0.15) is 0 Å². The zero-order valence-corrected chi connectivity index (χ0v) is 7.96. The summed E-state index contributed by atoms with van der Waals surface area (Å²) in [6.45, 7) is 6.54. The first-order valence-corrected chi connectivity index (χ1v) is 5.06. The predicted molar refractivity (Wildman–Crippen MR) is 54.8 cm³/mol. The van der Waals surface area contributed by atoms with E-state index in [2.05, 4.69) is 37.8 Å². The molecule has 3 rings (SSSR count). The summed E-state index contributed by atoms with van der Waals surface area (Å²) < 4.78 is 0. The van der Waals surface area contributed by atoms with Crippen LogP contribution in [0.15, 0.2) is 36.4 Å². The van der Waals surface area contributed by atoms with Gasteiger partial charge >= 0.3 is 0 Å². The van der Waals surface area contributed by atoms with E-state index in [4.69, 9.17) is 0 Å². The lowest BCUT2D eigenvalue weighted by molar-refractivity contribution is 0.593. The average Bonchev–Trinajstić information content (AvgIpc) is 2.66. The molecule has 2 aliphatic carbocycles. The molecule has 0 aliphatic heterocycles. The third-order valence-electron chi connectivity index (χ3n) is 3.90. The largest absolute Gasteiger partial charge is 0.0990 e. The van der Waals surface area contributed by atoms with Gasteiger partial charge in [-0.1, -0.05) is 43.3 Å². The first-order valence-electron chi connectivity index (χ1n) is 5.06. The smallest absolute Gasteiger partial charge is 0.00572 e. The summed E-state index contributed by atoms with van der Waals surface area (Å²) in [6.07, 6.45) is 1.32. The lowest BCUT2D eigenvalue weighted by Gasteiger charge is -2.23. The highest BCUT2D eigenvalue weighted by molar-refractivity contribution is 5.49. The van der Waals surface area contributed by atoms with Crippen molar-refractivity contribution >= 4 is 0 Å². The third-order valence-corrected chi connectivity index (χ3v) is 3.90. The van der Waals surface area contributed by atoms with Crippen LogP contribution in [0, 0.1) is 5.92 Å². The molecule has 0 radical (unpaired) electrons. The van der Waals surface area contributed by atoms with Crippen molar-refractivity contribution in [2.45, 2.75) is 25.2 Å². The Morgan fingerprint density at radius 3 is 2.69 bits per heavy atom. The molecule has 66 valence electrons. The number of allylic oxidation sites excluding steroid dienone is 1. The van der Waals surface area contributed by atoms with E-state index in [1.54, 1.807) is 11.1 Å². The van der Waals surface area contributed by atoms with E-state index >= 15 is 0 Å². The van der Waals surface area contributed by atoms with Crippen molar-refractivity contribution in [3.63, 3.8) is 0 Å². The maximum Gasteiger partial charge on any atom is 0.00572 e. The van der Waals surface area contributed by atoms with Crippen molar-refractivity contribution in [1.29, 1.82) is 0 Å². The number of rotatable bonds is 0. The zero-order valence-electron chi connectivity index (χ0n) is 7.96. The van der Waals surface area contributed by atoms with E-state index < -0.39 is 0 Å². The van der Waals surface area contributed by atoms with E-state index in [9.17, 15) is 0 Å². The van der Waals surface area contributed by atoms with Gasteiger partial charge in [-0.15, -0.1) is 0 Å². The van der Waals surface area contributed by atoms with Crippen LogP contribution in [0.2, 0.25) is 0 Å². The molecule has 1 fully saturated rings. The van der Waals surface area contributed by atoms with Crippen LogP contribution in [-0.4, -0.2) is 0 Å². The van der Waals surface area contributed by atoms with Gasteiger partial charge in [-0.05, 0) is 29.4 Å². The molecule has 0 aromatic heterocycles. The van der Waals surface area contributed by atoms with Crippen molar-refractivity contribution in [3.05, 3.63) is 47.5 Å². The van der Waals surface area contributed by atoms with Gasteiger partial charge in [0.25, 0.3) is 0 Å². The van der Waals surface area contributed by atoms with Gasteiger partial charge < -0.3 is 0 Å². The summed E-state index contributed by atoms with van der Waals surface area (Å²) in [4.78, 5) is 0. The third kappa shape index (κ3) is 0.763. The molecule has 0 saturated heterocycles. The highest BCUT2D eigenvalue weighted by atomic mass is 14.5. The van der Waals surface area contributed by atoms with E-state index in [0.717, 1.165) is 5.92 Å². The second-order valence-electron chi connectivity index (χ2n) is 4.39. The van der Waals surface area contributed by atoms with Gasteiger partial charge in [-0.25, -0.2) is 0 Å². The van der Waals surface area contributed by atoms with E-state index in [0.29, 0.717) is 11.8 Å². The number of hydrogen-bond acceptors (Lipinski definition) is 0. The number of benzene rings is 1. The monoisotopic (exact) mass is 170 g/mol.